The third kappa shape index (κ3) is 1.13. The Labute approximate surface area is 107 Å². The normalized spacial score (nSPS) is 29.2. The summed E-state index contributed by atoms with van der Waals surface area (Å²) in [5, 5.41) is 2.74. The van der Waals surface area contributed by atoms with E-state index >= 15 is 0 Å². The van der Waals surface area contributed by atoms with Crippen molar-refractivity contribution in [2.45, 2.75) is 18.4 Å². The number of rotatable bonds is 1. The van der Waals surface area contributed by atoms with Crippen molar-refractivity contribution < 1.29 is 9.21 Å². The molecule has 2 bridgehead atoms. The van der Waals surface area contributed by atoms with E-state index in [0.717, 1.165) is 5.70 Å². The van der Waals surface area contributed by atoms with Gasteiger partial charge in [0, 0.05) is 17.8 Å². The van der Waals surface area contributed by atoms with E-state index in [1.807, 2.05) is 0 Å². The Bertz CT molecular complexity index is 780. The monoisotopic (exact) mass is 257 g/mol. The highest BCUT2D eigenvalue weighted by Gasteiger charge is 2.58. The molecule has 2 aromatic heterocycles. The minimum atomic E-state index is -0.859. The Hall–Kier alpha value is -2.37. The topological polar surface area (TPSA) is 77.1 Å². The molecule has 1 N–H and O–H groups in total. The molecule has 1 amide bonds. The smallest absolute Gasteiger partial charge is 0.406 e. The number of fused-ring (bicyclic) bond motifs is 3. The summed E-state index contributed by atoms with van der Waals surface area (Å²) in [7, 11) is 0. The van der Waals surface area contributed by atoms with Crippen molar-refractivity contribution in [1.82, 2.24) is 14.9 Å². The van der Waals surface area contributed by atoms with Gasteiger partial charge in [0.1, 0.15) is 5.54 Å². The Morgan fingerprint density at radius 2 is 2.26 bits per heavy atom. The molecule has 5 rings (SSSR count). The zero-order chi connectivity index (χ0) is 13.2. The van der Waals surface area contributed by atoms with Gasteiger partial charge in [0.15, 0.2) is 11.2 Å². The van der Waals surface area contributed by atoms with Crippen LogP contribution in [-0.2, 0) is 10.3 Å². The van der Waals surface area contributed by atoms with Crippen molar-refractivity contribution in [3.8, 4) is 0 Å². The number of nitrogens with one attached hydrogen (secondary N) is 1. The number of oxazole rings is 1. The SMILES string of the molecule is C=C1NC(=O)C2(n3c(=O)oc4cccnc43)CC1C2. The number of hydrogen-bond donors (Lipinski definition) is 1. The van der Waals surface area contributed by atoms with Crippen LogP contribution in [-0.4, -0.2) is 15.5 Å². The highest BCUT2D eigenvalue weighted by atomic mass is 16.4. The third-order valence-electron chi connectivity index (χ3n) is 4.13. The number of allylic oxidation sites excluding steroid dienone is 1. The van der Waals surface area contributed by atoms with E-state index in [4.69, 9.17) is 4.42 Å². The Kier molecular flexibility index (Phi) is 1.74. The Balaban J connectivity index is 1.97. The Morgan fingerprint density at radius 1 is 1.47 bits per heavy atom. The number of amides is 1. The second kappa shape index (κ2) is 3.14. The minimum Gasteiger partial charge on any atom is -0.406 e. The van der Waals surface area contributed by atoms with Gasteiger partial charge in [0.2, 0.25) is 0 Å². The lowest BCUT2D eigenvalue weighted by atomic mass is 9.63. The van der Waals surface area contributed by atoms with Gasteiger partial charge in [-0.1, -0.05) is 6.58 Å². The molecule has 4 heterocycles. The molecule has 1 aliphatic carbocycles. The molecule has 1 saturated carbocycles. The zero-order valence-electron chi connectivity index (χ0n) is 10.0. The quantitative estimate of drug-likeness (QED) is 0.817. The lowest BCUT2D eigenvalue weighted by Crippen LogP contribution is -2.64. The molecule has 2 aromatic rings. The van der Waals surface area contributed by atoms with Gasteiger partial charge < -0.3 is 9.73 Å². The second-order valence-corrected chi connectivity index (χ2v) is 5.14. The van der Waals surface area contributed by atoms with E-state index in [1.165, 1.54) is 4.57 Å². The average molecular weight is 257 g/mol. The molecule has 0 aromatic carbocycles. The fourth-order valence-corrected chi connectivity index (χ4v) is 3.07. The lowest BCUT2D eigenvalue weighted by Gasteiger charge is -2.51. The molecule has 2 saturated heterocycles. The summed E-state index contributed by atoms with van der Waals surface area (Å²) in [6, 6.07) is 3.37. The van der Waals surface area contributed by atoms with Crippen LogP contribution < -0.4 is 11.1 Å². The largest absolute Gasteiger partial charge is 0.422 e. The van der Waals surface area contributed by atoms with Crippen LogP contribution in [0, 0.1) is 5.92 Å². The van der Waals surface area contributed by atoms with Gasteiger partial charge in [-0.05, 0) is 25.0 Å². The van der Waals surface area contributed by atoms with Crippen molar-refractivity contribution >= 4 is 17.1 Å². The number of piperidine rings is 2. The van der Waals surface area contributed by atoms with Gasteiger partial charge in [-0.25, -0.2) is 14.3 Å². The molecule has 19 heavy (non-hydrogen) atoms. The summed E-state index contributed by atoms with van der Waals surface area (Å²) in [5.41, 5.74) is 0.708. The summed E-state index contributed by atoms with van der Waals surface area (Å²) in [5.74, 6) is -0.497. The Morgan fingerprint density at radius 3 is 3.00 bits per heavy atom. The van der Waals surface area contributed by atoms with Gasteiger partial charge in [-0.15, -0.1) is 0 Å². The van der Waals surface area contributed by atoms with Gasteiger partial charge in [-0.2, -0.15) is 0 Å². The van der Waals surface area contributed by atoms with Crippen LogP contribution in [0.15, 0.2) is 39.8 Å². The maximum Gasteiger partial charge on any atom is 0.422 e. The fourth-order valence-electron chi connectivity index (χ4n) is 3.07. The maximum atomic E-state index is 12.3. The number of nitrogens with zero attached hydrogens (tertiary/aromatic N) is 2. The molecule has 3 aliphatic rings. The highest BCUT2D eigenvalue weighted by molar-refractivity contribution is 5.90. The number of hydrogen-bond acceptors (Lipinski definition) is 4. The summed E-state index contributed by atoms with van der Waals surface area (Å²) >= 11 is 0. The molecule has 0 spiro atoms. The van der Waals surface area contributed by atoms with E-state index in [0.29, 0.717) is 24.1 Å². The van der Waals surface area contributed by atoms with Crippen LogP contribution in [0.2, 0.25) is 0 Å². The van der Waals surface area contributed by atoms with Gasteiger partial charge >= 0.3 is 5.76 Å². The first-order valence-electron chi connectivity index (χ1n) is 6.09. The second-order valence-electron chi connectivity index (χ2n) is 5.14. The predicted molar refractivity (Wildman–Crippen MR) is 66.2 cm³/mol. The first-order valence-corrected chi connectivity index (χ1v) is 6.09. The van der Waals surface area contributed by atoms with Crippen molar-refractivity contribution in [3.63, 3.8) is 0 Å². The summed E-state index contributed by atoms with van der Waals surface area (Å²) in [6.45, 7) is 3.82. The predicted octanol–water partition coefficient (Wildman–Crippen LogP) is 0.738. The van der Waals surface area contributed by atoms with E-state index in [1.54, 1.807) is 18.3 Å². The number of carbonyl (C=O) groups is 1. The third-order valence-corrected chi connectivity index (χ3v) is 4.13. The maximum absolute atomic E-state index is 12.3. The van der Waals surface area contributed by atoms with E-state index < -0.39 is 11.3 Å². The van der Waals surface area contributed by atoms with E-state index in [2.05, 4.69) is 16.9 Å². The highest BCUT2D eigenvalue weighted by Crippen LogP contribution is 2.50. The number of aromatic nitrogens is 2. The summed E-state index contributed by atoms with van der Waals surface area (Å²) in [4.78, 5) is 28.5. The van der Waals surface area contributed by atoms with Crippen molar-refractivity contribution in [2.24, 2.45) is 5.92 Å². The molecular formula is C13H11N3O3. The van der Waals surface area contributed by atoms with Gasteiger partial charge in [0.05, 0.1) is 0 Å². The van der Waals surface area contributed by atoms with Crippen LogP contribution >= 0.6 is 0 Å². The molecule has 0 atom stereocenters. The summed E-state index contributed by atoms with van der Waals surface area (Å²) < 4.78 is 6.55. The van der Waals surface area contributed by atoms with Crippen LogP contribution in [0.4, 0.5) is 0 Å². The summed E-state index contributed by atoms with van der Waals surface area (Å²) in [6.07, 6.45) is 2.76. The lowest BCUT2D eigenvalue weighted by molar-refractivity contribution is -0.140. The van der Waals surface area contributed by atoms with Crippen LogP contribution in [0.1, 0.15) is 12.8 Å². The number of carbonyl (C=O) groups excluding carboxylic acids is 1. The zero-order valence-corrected chi connectivity index (χ0v) is 10.0. The van der Waals surface area contributed by atoms with Crippen molar-refractivity contribution in [2.75, 3.05) is 0 Å². The molecule has 96 valence electrons. The van der Waals surface area contributed by atoms with Gasteiger partial charge in [0.25, 0.3) is 5.91 Å². The molecular weight excluding hydrogens is 246 g/mol. The first kappa shape index (κ1) is 10.5. The molecule has 2 aliphatic heterocycles. The van der Waals surface area contributed by atoms with Crippen molar-refractivity contribution in [1.29, 1.82) is 0 Å². The van der Waals surface area contributed by atoms with Crippen LogP contribution in [0.3, 0.4) is 0 Å². The molecule has 0 radical (unpaired) electrons. The van der Waals surface area contributed by atoms with Crippen LogP contribution in [0.5, 0.6) is 0 Å². The minimum absolute atomic E-state index is 0.199. The molecule has 3 fully saturated rings. The first-order chi connectivity index (χ1) is 9.12. The van der Waals surface area contributed by atoms with Crippen LogP contribution in [0.25, 0.3) is 11.2 Å². The number of pyridine rings is 1. The molecule has 6 heteroatoms. The molecule has 6 nitrogen and oxygen atoms in total. The fraction of sp³-hybridized carbons (Fsp3) is 0.308. The van der Waals surface area contributed by atoms with Crippen molar-refractivity contribution in [3.05, 3.63) is 41.2 Å². The van der Waals surface area contributed by atoms with E-state index in [9.17, 15) is 9.59 Å². The van der Waals surface area contributed by atoms with Gasteiger partial charge in [-0.3, -0.25) is 4.79 Å². The average Bonchev–Trinajstić information content (AvgIpc) is 2.64. The van der Waals surface area contributed by atoms with E-state index in [-0.39, 0.29) is 11.8 Å². The molecule has 0 unspecified atom stereocenters. The standard InChI is InChI=1S/C13H11N3O3/c1-7-8-5-13(6-8,11(17)15-7)16-10-9(19-12(16)18)3-2-4-14-10/h2-4,8H,1,5-6H2,(H,15,17).